The number of nitrogens with zero attached hydrogens (tertiary/aromatic N) is 2. The Morgan fingerprint density at radius 2 is 1.82 bits per heavy atom. The predicted molar refractivity (Wildman–Crippen MR) is 145 cm³/mol. The largest absolute Gasteiger partial charge is 0.497 e. The SMILES string of the molecule is COc1ccc(CNC2CCN(C(=O)CC(C)(C)CNC(=O)[C@H](CC3CCCC3)CN(O)C=O)CC2)cc1. The van der Waals surface area contributed by atoms with Crippen LogP contribution >= 0.6 is 0 Å². The molecular weight excluding hydrogens is 484 g/mol. The number of ether oxygens (including phenoxy) is 1. The van der Waals surface area contributed by atoms with Crippen LogP contribution < -0.4 is 15.4 Å². The minimum atomic E-state index is -0.454. The molecule has 2 aliphatic rings. The van der Waals surface area contributed by atoms with E-state index in [1.807, 2.05) is 30.9 Å². The third-order valence-corrected chi connectivity index (χ3v) is 7.97. The molecule has 0 unspecified atom stereocenters. The fourth-order valence-electron chi connectivity index (χ4n) is 5.57. The molecule has 9 nitrogen and oxygen atoms in total. The van der Waals surface area contributed by atoms with Gasteiger partial charge in [-0.25, -0.2) is 5.06 Å². The van der Waals surface area contributed by atoms with Gasteiger partial charge in [0.15, 0.2) is 0 Å². The molecule has 1 atom stereocenters. The van der Waals surface area contributed by atoms with Crippen LogP contribution in [-0.4, -0.2) is 72.7 Å². The quantitative estimate of drug-likeness (QED) is 0.193. The summed E-state index contributed by atoms with van der Waals surface area (Å²) in [6.07, 6.45) is 7.69. The van der Waals surface area contributed by atoms with Gasteiger partial charge in [-0.1, -0.05) is 51.7 Å². The van der Waals surface area contributed by atoms with Crippen molar-refractivity contribution < 1.29 is 24.3 Å². The molecule has 3 N–H and O–H groups in total. The second kappa shape index (κ2) is 14.5. The van der Waals surface area contributed by atoms with Gasteiger partial charge < -0.3 is 20.3 Å². The van der Waals surface area contributed by atoms with Crippen molar-refractivity contribution >= 4 is 18.2 Å². The molecule has 212 valence electrons. The standard InChI is InChI=1S/C29H46N4O5/c1-29(2,20-31-28(36)24(19-33(37)21-34)16-22-6-4-5-7-22)17-27(35)32-14-12-25(13-15-32)30-18-23-8-10-26(38-3)11-9-23/h8-11,21-22,24-25,30,37H,4-7,12-20H2,1-3H3,(H,31,36)/t24-/m1/s1. The number of amides is 3. The molecule has 1 heterocycles. The molecule has 3 amide bonds. The van der Waals surface area contributed by atoms with Crippen molar-refractivity contribution in [2.45, 2.75) is 77.8 Å². The number of benzene rings is 1. The summed E-state index contributed by atoms with van der Waals surface area (Å²) in [5.41, 5.74) is 0.800. The van der Waals surface area contributed by atoms with Crippen molar-refractivity contribution in [1.82, 2.24) is 20.6 Å². The van der Waals surface area contributed by atoms with Crippen LogP contribution in [0.3, 0.4) is 0 Å². The minimum Gasteiger partial charge on any atom is -0.497 e. The van der Waals surface area contributed by atoms with Crippen LogP contribution in [0.2, 0.25) is 0 Å². The van der Waals surface area contributed by atoms with Gasteiger partial charge in [-0.05, 0) is 48.3 Å². The lowest BCUT2D eigenvalue weighted by atomic mass is 9.87. The molecule has 1 aliphatic heterocycles. The van der Waals surface area contributed by atoms with Crippen molar-refractivity contribution in [1.29, 1.82) is 0 Å². The van der Waals surface area contributed by atoms with E-state index >= 15 is 0 Å². The van der Waals surface area contributed by atoms with Gasteiger partial charge >= 0.3 is 0 Å². The lowest BCUT2D eigenvalue weighted by molar-refractivity contribution is -0.155. The maximum atomic E-state index is 13.1. The van der Waals surface area contributed by atoms with Gasteiger partial charge in [-0.2, -0.15) is 0 Å². The summed E-state index contributed by atoms with van der Waals surface area (Å²) >= 11 is 0. The zero-order valence-electron chi connectivity index (χ0n) is 23.3. The highest BCUT2D eigenvalue weighted by Crippen LogP contribution is 2.31. The molecule has 0 bridgehead atoms. The van der Waals surface area contributed by atoms with Crippen molar-refractivity contribution in [3.63, 3.8) is 0 Å². The van der Waals surface area contributed by atoms with E-state index in [9.17, 15) is 19.6 Å². The molecule has 0 radical (unpaired) electrons. The zero-order valence-corrected chi connectivity index (χ0v) is 23.3. The van der Waals surface area contributed by atoms with E-state index in [1.165, 1.54) is 18.4 Å². The summed E-state index contributed by atoms with van der Waals surface area (Å²) in [7, 11) is 1.66. The van der Waals surface area contributed by atoms with E-state index in [0.717, 1.165) is 51.1 Å². The molecule has 1 saturated heterocycles. The monoisotopic (exact) mass is 530 g/mol. The number of carbonyl (C=O) groups excluding carboxylic acids is 3. The lowest BCUT2D eigenvalue weighted by Crippen LogP contribution is -2.47. The highest BCUT2D eigenvalue weighted by molar-refractivity contribution is 5.80. The minimum absolute atomic E-state index is 0.00730. The molecule has 2 fully saturated rings. The number of hydrogen-bond acceptors (Lipinski definition) is 6. The van der Waals surface area contributed by atoms with Gasteiger partial charge in [0.1, 0.15) is 5.75 Å². The van der Waals surface area contributed by atoms with Crippen molar-refractivity contribution in [3.05, 3.63) is 29.8 Å². The number of methoxy groups -OCH3 is 1. The molecule has 3 rings (SSSR count). The van der Waals surface area contributed by atoms with E-state index in [2.05, 4.69) is 22.8 Å². The van der Waals surface area contributed by atoms with Crippen LogP contribution in [0.5, 0.6) is 5.75 Å². The van der Waals surface area contributed by atoms with Crippen LogP contribution in [0.15, 0.2) is 24.3 Å². The summed E-state index contributed by atoms with van der Waals surface area (Å²) in [6.45, 7) is 6.58. The highest BCUT2D eigenvalue weighted by atomic mass is 16.5. The van der Waals surface area contributed by atoms with E-state index < -0.39 is 11.3 Å². The summed E-state index contributed by atoms with van der Waals surface area (Å²) in [5.74, 6) is 0.796. The second-order valence-corrected chi connectivity index (χ2v) is 11.8. The number of rotatable bonds is 14. The number of hydrogen-bond donors (Lipinski definition) is 3. The second-order valence-electron chi connectivity index (χ2n) is 11.8. The Morgan fingerprint density at radius 3 is 2.42 bits per heavy atom. The van der Waals surface area contributed by atoms with Crippen LogP contribution in [0.4, 0.5) is 0 Å². The smallest absolute Gasteiger partial charge is 0.233 e. The molecule has 38 heavy (non-hydrogen) atoms. The molecule has 9 heteroatoms. The normalized spacial score (nSPS) is 17.7. The molecule has 1 aromatic rings. The van der Waals surface area contributed by atoms with Gasteiger partial charge in [0, 0.05) is 38.6 Å². The number of carbonyl (C=O) groups is 3. The molecule has 0 aromatic heterocycles. The highest BCUT2D eigenvalue weighted by Gasteiger charge is 2.31. The van der Waals surface area contributed by atoms with E-state index in [-0.39, 0.29) is 18.4 Å². The van der Waals surface area contributed by atoms with E-state index in [0.29, 0.717) is 42.8 Å². The summed E-state index contributed by atoms with van der Waals surface area (Å²) in [5, 5.41) is 16.9. The fourth-order valence-corrected chi connectivity index (χ4v) is 5.57. The number of hydroxylamine groups is 2. The topological polar surface area (TPSA) is 111 Å². The molecule has 1 aliphatic carbocycles. The average molecular weight is 531 g/mol. The Kier molecular flexibility index (Phi) is 11.4. The Hall–Kier alpha value is -2.65. The average Bonchev–Trinajstić information content (AvgIpc) is 3.43. The van der Waals surface area contributed by atoms with Gasteiger partial charge in [0.05, 0.1) is 19.6 Å². The Balaban J connectivity index is 1.40. The van der Waals surface area contributed by atoms with Gasteiger partial charge in [0.2, 0.25) is 18.2 Å². The molecule has 1 aromatic carbocycles. The summed E-state index contributed by atoms with van der Waals surface area (Å²) in [6, 6.07) is 8.42. The third kappa shape index (κ3) is 9.58. The van der Waals surface area contributed by atoms with E-state index in [4.69, 9.17) is 4.74 Å². The van der Waals surface area contributed by atoms with Crippen molar-refractivity contribution in [2.75, 3.05) is 33.3 Å². The Bertz CT molecular complexity index is 893. The number of piperidine rings is 1. The predicted octanol–water partition coefficient (Wildman–Crippen LogP) is 3.35. The van der Waals surface area contributed by atoms with Crippen LogP contribution in [0, 0.1) is 17.3 Å². The Morgan fingerprint density at radius 1 is 1.16 bits per heavy atom. The third-order valence-electron chi connectivity index (χ3n) is 7.97. The number of nitrogens with one attached hydrogen (secondary N) is 2. The first-order valence-corrected chi connectivity index (χ1v) is 14.0. The number of likely N-dealkylation sites (tertiary alicyclic amines) is 1. The lowest BCUT2D eigenvalue weighted by Gasteiger charge is -2.35. The first-order valence-electron chi connectivity index (χ1n) is 14.0. The Labute approximate surface area is 227 Å². The van der Waals surface area contributed by atoms with Gasteiger partial charge in [-0.15, -0.1) is 0 Å². The first-order chi connectivity index (χ1) is 18.2. The first kappa shape index (κ1) is 29.9. The molecule has 0 spiro atoms. The van der Waals surface area contributed by atoms with Crippen LogP contribution in [0.25, 0.3) is 0 Å². The maximum absolute atomic E-state index is 13.1. The molecular formula is C29H46N4O5. The zero-order chi connectivity index (χ0) is 27.5. The van der Waals surface area contributed by atoms with Crippen LogP contribution in [0.1, 0.15) is 70.8 Å². The summed E-state index contributed by atoms with van der Waals surface area (Å²) in [4.78, 5) is 38.9. The molecule has 1 saturated carbocycles. The van der Waals surface area contributed by atoms with Crippen molar-refractivity contribution in [3.8, 4) is 5.75 Å². The van der Waals surface area contributed by atoms with E-state index in [1.54, 1.807) is 7.11 Å². The van der Waals surface area contributed by atoms with Gasteiger partial charge in [0.25, 0.3) is 0 Å². The van der Waals surface area contributed by atoms with Crippen LogP contribution in [-0.2, 0) is 20.9 Å². The van der Waals surface area contributed by atoms with Crippen molar-refractivity contribution in [2.24, 2.45) is 17.3 Å². The maximum Gasteiger partial charge on any atom is 0.233 e. The van der Waals surface area contributed by atoms with Gasteiger partial charge in [-0.3, -0.25) is 19.6 Å². The summed E-state index contributed by atoms with van der Waals surface area (Å²) < 4.78 is 5.21. The fraction of sp³-hybridized carbons (Fsp3) is 0.690.